The van der Waals surface area contributed by atoms with Crippen LogP contribution in [0.25, 0.3) is 11.0 Å². The first-order valence-corrected chi connectivity index (χ1v) is 11.8. The van der Waals surface area contributed by atoms with Gasteiger partial charge in [-0.05, 0) is 48.6 Å². The van der Waals surface area contributed by atoms with Crippen molar-refractivity contribution in [2.24, 2.45) is 0 Å². The third-order valence-corrected chi connectivity index (χ3v) is 6.54. The Hall–Kier alpha value is -2.80. The minimum atomic E-state index is -0.0910. The van der Waals surface area contributed by atoms with Gasteiger partial charge in [0, 0.05) is 18.8 Å². The number of rotatable bonds is 7. The van der Waals surface area contributed by atoms with Gasteiger partial charge in [-0.2, -0.15) is 0 Å². The molecule has 1 saturated heterocycles. The summed E-state index contributed by atoms with van der Waals surface area (Å²) in [6.07, 6.45) is 2.13. The lowest BCUT2D eigenvalue weighted by atomic mass is 10.0. The zero-order valence-corrected chi connectivity index (χ0v) is 18.8. The molecule has 0 bridgehead atoms. The minimum absolute atomic E-state index is 0.0910. The number of carbonyl (C=O) groups excluding carboxylic acids is 2. The van der Waals surface area contributed by atoms with Crippen molar-refractivity contribution in [1.29, 1.82) is 0 Å². The van der Waals surface area contributed by atoms with Crippen LogP contribution in [0.15, 0.2) is 53.7 Å². The second-order valence-electron chi connectivity index (χ2n) is 8.17. The Morgan fingerprint density at radius 3 is 2.48 bits per heavy atom. The van der Waals surface area contributed by atoms with Gasteiger partial charge >= 0.3 is 0 Å². The van der Waals surface area contributed by atoms with Gasteiger partial charge in [0.1, 0.15) is 6.54 Å². The van der Waals surface area contributed by atoms with Crippen LogP contribution in [0.2, 0.25) is 0 Å². The molecule has 0 saturated carbocycles. The molecule has 1 aliphatic rings. The summed E-state index contributed by atoms with van der Waals surface area (Å²) in [5.41, 5.74) is 3.78. The number of benzene rings is 2. The fourth-order valence-corrected chi connectivity index (χ4v) is 4.61. The van der Waals surface area contributed by atoms with E-state index in [1.54, 1.807) is 0 Å². The van der Waals surface area contributed by atoms with Crippen LogP contribution in [0.1, 0.15) is 38.2 Å². The van der Waals surface area contributed by atoms with Crippen LogP contribution in [0.3, 0.4) is 0 Å². The van der Waals surface area contributed by atoms with Gasteiger partial charge in [-0.1, -0.05) is 49.9 Å². The lowest BCUT2D eigenvalue weighted by Gasteiger charge is -2.17. The number of amides is 2. The normalized spacial score (nSPS) is 13.8. The molecule has 2 heterocycles. The lowest BCUT2D eigenvalue weighted by Crippen LogP contribution is -2.31. The summed E-state index contributed by atoms with van der Waals surface area (Å²) in [7, 11) is 0. The lowest BCUT2D eigenvalue weighted by molar-refractivity contribution is -0.130. The van der Waals surface area contributed by atoms with Gasteiger partial charge < -0.3 is 14.8 Å². The maximum atomic E-state index is 12.8. The van der Waals surface area contributed by atoms with E-state index in [1.165, 1.54) is 17.3 Å². The van der Waals surface area contributed by atoms with E-state index in [0.717, 1.165) is 42.7 Å². The number of nitrogens with zero attached hydrogens (tertiary/aromatic N) is 3. The van der Waals surface area contributed by atoms with E-state index < -0.39 is 0 Å². The molecule has 2 aromatic carbocycles. The maximum Gasteiger partial charge on any atom is 0.242 e. The van der Waals surface area contributed by atoms with Gasteiger partial charge in [0.05, 0.1) is 16.8 Å². The molecule has 1 aromatic heterocycles. The average molecular weight is 437 g/mol. The largest absolute Gasteiger partial charge is 0.341 e. The first kappa shape index (κ1) is 21.4. The number of imidazole rings is 1. The number of aromatic nitrogens is 2. The molecule has 0 atom stereocenters. The topological polar surface area (TPSA) is 67.2 Å². The van der Waals surface area contributed by atoms with Gasteiger partial charge in [0.2, 0.25) is 11.8 Å². The predicted octanol–water partition coefficient (Wildman–Crippen LogP) is 4.51. The summed E-state index contributed by atoms with van der Waals surface area (Å²) in [5, 5.41) is 3.64. The van der Waals surface area contributed by atoms with Crippen LogP contribution in [-0.2, 0) is 16.1 Å². The molecule has 0 aliphatic carbocycles. The van der Waals surface area contributed by atoms with Gasteiger partial charge in [-0.25, -0.2) is 4.98 Å². The summed E-state index contributed by atoms with van der Waals surface area (Å²) in [4.78, 5) is 31.9. The van der Waals surface area contributed by atoms with E-state index in [4.69, 9.17) is 0 Å². The Balaban J connectivity index is 1.44. The smallest absolute Gasteiger partial charge is 0.242 e. The first-order chi connectivity index (χ1) is 15.0. The first-order valence-electron chi connectivity index (χ1n) is 10.8. The molecule has 31 heavy (non-hydrogen) atoms. The fourth-order valence-electron chi connectivity index (χ4n) is 3.80. The molecule has 0 spiro atoms. The zero-order chi connectivity index (χ0) is 21.8. The van der Waals surface area contributed by atoms with Crippen LogP contribution in [0.4, 0.5) is 5.69 Å². The Morgan fingerprint density at radius 1 is 1.06 bits per heavy atom. The number of nitrogens with one attached hydrogen (secondary N) is 1. The highest BCUT2D eigenvalue weighted by molar-refractivity contribution is 7.99. The molecule has 7 heteroatoms. The SMILES string of the molecule is CC(C)c1ccc(NC(=O)CSc2nc3ccccc3n2CC(=O)N2CCCC2)cc1. The van der Waals surface area contributed by atoms with E-state index in [9.17, 15) is 9.59 Å². The highest BCUT2D eigenvalue weighted by Crippen LogP contribution is 2.25. The van der Waals surface area contributed by atoms with E-state index in [0.29, 0.717) is 11.1 Å². The summed E-state index contributed by atoms with van der Waals surface area (Å²) in [5.74, 6) is 0.702. The predicted molar refractivity (Wildman–Crippen MR) is 125 cm³/mol. The third-order valence-electron chi connectivity index (χ3n) is 5.57. The van der Waals surface area contributed by atoms with Crippen molar-refractivity contribution < 1.29 is 9.59 Å². The van der Waals surface area contributed by atoms with Gasteiger partial charge in [-0.3, -0.25) is 9.59 Å². The van der Waals surface area contributed by atoms with Crippen molar-refractivity contribution in [3.8, 4) is 0 Å². The average Bonchev–Trinajstić information content (AvgIpc) is 3.41. The quantitative estimate of drug-likeness (QED) is 0.553. The summed E-state index contributed by atoms with van der Waals surface area (Å²) in [6, 6.07) is 15.7. The van der Waals surface area contributed by atoms with Crippen molar-refractivity contribution >= 4 is 40.3 Å². The summed E-state index contributed by atoms with van der Waals surface area (Å²) < 4.78 is 1.94. The molecule has 1 fully saturated rings. The molecule has 1 N–H and O–H groups in total. The highest BCUT2D eigenvalue weighted by Gasteiger charge is 2.21. The number of fused-ring (bicyclic) bond motifs is 1. The molecule has 1 aliphatic heterocycles. The number of thioether (sulfide) groups is 1. The van der Waals surface area contributed by atoms with Crippen LogP contribution in [0, 0.1) is 0 Å². The van der Waals surface area contributed by atoms with Crippen molar-refractivity contribution in [3.63, 3.8) is 0 Å². The van der Waals surface area contributed by atoms with Crippen LogP contribution >= 0.6 is 11.8 Å². The molecule has 3 aromatic rings. The Bertz CT molecular complexity index is 1070. The van der Waals surface area contributed by atoms with Crippen molar-refractivity contribution in [3.05, 3.63) is 54.1 Å². The maximum absolute atomic E-state index is 12.8. The van der Waals surface area contributed by atoms with Crippen LogP contribution in [-0.4, -0.2) is 45.1 Å². The molecule has 4 rings (SSSR count). The highest BCUT2D eigenvalue weighted by atomic mass is 32.2. The number of likely N-dealkylation sites (tertiary alicyclic amines) is 1. The van der Waals surface area contributed by atoms with E-state index in [1.807, 2.05) is 58.0 Å². The van der Waals surface area contributed by atoms with Gasteiger partial charge in [0.15, 0.2) is 5.16 Å². The standard InChI is InChI=1S/C24H28N4O2S/c1-17(2)18-9-11-19(12-10-18)25-22(29)16-31-24-26-20-7-3-4-8-21(20)28(24)15-23(30)27-13-5-6-14-27/h3-4,7-12,17H,5-6,13-16H2,1-2H3,(H,25,29). The summed E-state index contributed by atoms with van der Waals surface area (Å²) in [6.45, 7) is 6.19. The number of hydrogen-bond acceptors (Lipinski definition) is 4. The zero-order valence-electron chi connectivity index (χ0n) is 18.0. The van der Waals surface area contributed by atoms with Gasteiger partial charge in [0.25, 0.3) is 0 Å². The van der Waals surface area contributed by atoms with Crippen LogP contribution < -0.4 is 5.32 Å². The fraction of sp³-hybridized carbons (Fsp3) is 0.375. The number of anilines is 1. The van der Waals surface area contributed by atoms with E-state index in [2.05, 4.69) is 24.1 Å². The van der Waals surface area contributed by atoms with E-state index in [-0.39, 0.29) is 24.1 Å². The molecule has 0 radical (unpaired) electrons. The Morgan fingerprint density at radius 2 is 1.77 bits per heavy atom. The van der Waals surface area contributed by atoms with Crippen molar-refractivity contribution in [1.82, 2.24) is 14.5 Å². The second-order valence-corrected chi connectivity index (χ2v) is 9.11. The number of hydrogen-bond donors (Lipinski definition) is 1. The molecular weight excluding hydrogens is 408 g/mol. The third kappa shape index (κ3) is 5.10. The molecular formula is C24H28N4O2S. The van der Waals surface area contributed by atoms with Gasteiger partial charge in [-0.15, -0.1) is 0 Å². The molecule has 0 unspecified atom stereocenters. The Labute approximate surface area is 187 Å². The molecule has 2 amide bonds. The monoisotopic (exact) mass is 436 g/mol. The number of para-hydroxylation sites is 2. The van der Waals surface area contributed by atoms with Crippen molar-refractivity contribution in [2.45, 2.75) is 44.3 Å². The van der Waals surface area contributed by atoms with E-state index >= 15 is 0 Å². The second kappa shape index (κ2) is 9.56. The molecule has 6 nitrogen and oxygen atoms in total. The van der Waals surface area contributed by atoms with Crippen molar-refractivity contribution in [2.75, 3.05) is 24.2 Å². The number of carbonyl (C=O) groups is 2. The Kier molecular flexibility index (Phi) is 6.61. The van der Waals surface area contributed by atoms with Crippen LogP contribution in [0.5, 0.6) is 0 Å². The minimum Gasteiger partial charge on any atom is -0.341 e. The molecule has 162 valence electrons. The summed E-state index contributed by atoms with van der Waals surface area (Å²) >= 11 is 1.36.